The Hall–Kier alpha value is -2.97. The van der Waals surface area contributed by atoms with Gasteiger partial charge in [0.1, 0.15) is 5.82 Å². The van der Waals surface area contributed by atoms with Crippen LogP contribution in [0.3, 0.4) is 0 Å². The lowest BCUT2D eigenvalue weighted by atomic mass is 9.96. The number of nitrogens with zero attached hydrogens (tertiary/aromatic N) is 1. The highest BCUT2D eigenvalue weighted by Gasteiger charge is 2.29. The van der Waals surface area contributed by atoms with Crippen LogP contribution in [0, 0.1) is 11.7 Å². The van der Waals surface area contributed by atoms with Crippen LogP contribution >= 0.6 is 0 Å². The van der Waals surface area contributed by atoms with Crippen LogP contribution in [0.2, 0.25) is 0 Å². The molecular weight excluding hydrogens is 393 g/mol. The molecule has 3 rings (SSSR count). The minimum absolute atomic E-state index is 0.0863. The SMILES string of the molecule is O=C(COC(=O)C1CCN(C(=O)c2ccc(F)cc2)CC1)NC(=O)NC1CCCC1. The summed E-state index contributed by atoms with van der Waals surface area (Å²) in [6.45, 7) is 0.212. The van der Waals surface area contributed by atoms with E-state index in [0.29, 0.717) is 31.5 Å². The van der Waals surface area contributed by atoms with E-state index in [-0.39, 0.29) is 11.9 Å². The Morgan fingerprint density at radius 1 is 1.00 bits per heavy atom. The van der Waals surface area contributed by atoms with Gasteiger partial charge in [-0.3, -0.25) is 19.7 Å². The summed E-state index contributed by atoms with van der Waals surface area (Å²) in [4.78, 5) is 49.8. The molecule has 2 N–H and O–H groups in total. The number of nitrogens with one attached hydrogen (secondary N) is 2. The predicted octanol–water partition coefficient (Wildman–Crippen LogP) is 1.99. The Morgan fingerprint density at radius 2 is 1.63 bits per heavy atom. The number of hydrogen-bond donors (Lipinski definition) is 2. The van der Waals surface area contributed by atoms with Gasteiger partial charge in [0.15, 0.2) is 6.61 Å². The molecule has 8 nitrogen and oxygen atoms in total. The van der Waals surface area contributed by atoms with Crippen LogP contribution in [0.4, 0.5) is 9.18 Å². The molecule has 30 heavy (non-hydrogen) atoms. The Balaban J connectivity index is 1.36. The number of esters is 1. The molecule has 1 aliphatic carbocycles. The van der Waals surface area contributed by atoms with Gasteiger partial charge in [-0.05, 0) is 49.9 Å². The van der Waals surface area contributed by atoms with Crippen LogP contribution < -0.4 is 10.6 Å². The number of piperidine rings is 1. The average Bonchev–Trinajstić information content (AvgIpc) is 3.25. The second kappa shape index (κ2) is 10.2. The number of halogens is 1. The van der Waals surface area contributed by atoms with E-state index in [1.165, 1.54) is 24.3 Å². The Labute approximate surface area is 174 Å². The van der Waals surface area contributed by atoms with E-state index < -0.39 is 36.2 Å². The molecule has 0 aromatic heterocycles. The molecule has 0 spiro atoms. The molecular formula is C21H26FN3O5. The van der Waals surface area contributed by atoms with Crippen molar-refractivity contribution in [3.05, 3.63) is 35.6 Å². The second-order valence-electron chi connectivity index (χ2n) is 7.68. The number of benzene rings is 1. The molecule has 4 amide bonds. The molecule has 2 fully saturated rings. The van der Waals surface area contributed by atoms with Crippen LogP contribution in [0.1, 0.15) is 48.9 Å². The van der Waals surface area contributed by atoms with Crippen molar-refractivity contribution in [2.24, 2.45) is 5.92 Å². The molecule has 0 unspecified atom stereocenters. The second-order valence-corrected chi connectivity index (χ2v) is 7.68. The van der Waals surface area contributed by atoms with Crippen molar-refractivity contribution >= 4 is 23.8 Å². The molecule has 0 bridgehead atoms. The summed E-state index contributed by atoms with van der Waals surface area (Å²) in [5.74, 6) is -2.23. The third-order valence-corrected chi connectivity index (χ3v) is 5.50. The average molecular weight is 419 g/mol. The zero-order valence-corrected chi connectivity index (χ0v) is 16.7. The maximum atomic E-state index is 13.0. The maximum absolute atomic E-state index is 13.0. The first-order chi connectivity index (χ1) is 14.4. The van der Waals surface area contributed by atoms with Gasteiger partial charge in [0.05, 0.1) is 5.92 Å². The van der Waals surface area contributed by atoms with E-state index >= 15 is 0 Å². The zero-order valence-electron chi connectivity index (χ0n) is 16.7. The van der Waals surface area contributed by atoms with Crippen molar-refractivity contribution in [2.75, 3.05) is 19.7 Å². The van der Waals surface area contributed by atoms with Gasteiger partial charge < -0.3 is 15.0 Å². The van der Waals surface area contributed by atoms with Crippen molar-refractivity contribution in [1.82, 2.24) is 15.5 Å². The summed E-state index contributed by atoms with van der Waals surface area (Å²) in [5.41, 5.74) is 0.393. The normalized spacial score (nSPS) is 17.4. The van der Waals surface area contributed by atoms with Gasteiger partial charge in [0.2, 0.25) is 0 Å². The van der Waals surface area contributed by atoms with Gasteiger partial charge in [-0.25, -0.2) is 9.18 Å². The lowest BCUT2D eigenvalue weighted by Gasteiger charge is -2.31. The Morgan fingerprint density at radius 3 is 2.27 bits per heavy atom. The third kappa shape index (κ3) is 6.01. The van der Waals surface area contributed by atoms with Gasteiger partial charge in [-0.15, -0.1) is 0 Å². The molecule has 1 aromatic rings. The van der Waals surface area contributed by atoms with E-state index in [1.807, 2.05) is 0 Å². The fourth-order valence-electron chi connectivity index (χ4n) is 3.80. The number of urea groups is 1. The largest absolute Gasteiger partial charge is 0.455 e. The van der Waals surface area contributed by atoms with E-state index in [4.69, 9.17) is 4.74 Å². The van der Waals surface area contributed by atoms with Crippen LogP contribution in [-0.4, -0.2) is 54.5 Å². The monoisotopic (exact) mass is 419 g/mol. The summed E-state index contributed by atoms with van der Waals surface area (Å²) in [5, 5.41) is 4.89. The number of hydrogen-bond acceptors (Lipinski definition) is 5. The highest BCUT2D eigenvalue weighted by molar-refractivity contribution is 5.96. The number of carbonyl (C=O) groups is 4. The summed E-state index contributed by atoms with van der Waals surface area (Å²) >= 11 is 0. The summed E-state index contributed by atoms with van der Waals surface area (Å²) < 4.78 is 18.0. The fourth-order valence-corrected chi connectivity index (χ4v) is 3.80. The topological polar surface area (TPSA) is 105 Å². The molecule has 1 heterocycles. The van der Waals surface area contributed by atoms with Gasteiger partial charge in [0, 0.05) is 24.7 Å². The van der Waals surface area contributed by atoms with Gasteiger partial charge in [-0.1, -0.05) is 12.8 Å². The number of imide groups is 1. The van der Waals surface area contributed by atoms with E-state index in [2.05, 4.69) is 10.6 Å². The minimum atomic E-state index is -0.678. The number of likely N-dealkylation sites (tertiary alicyclic amines) is 1. The van der Waals surface area contributed by atoms with Crippen LogP contribution in [0.5, 0.6) is 0 Å². The van der Waals surface area contributed by atoms with Crippen molar-refractivity contribution in [1.29, 1.82) is 0 Å². The first-order valence-corrected chi connectivity index (χ1v) is 10.2. The number of rotatable bonds is 5. The molecule has 1 saturated heterocycles. The van der Waals surface area contributed by atoms with Gasteiger partial charge in [-0.2, -0.15) is 0 Å². The smallest absolute Gasteiger partial charge is 0.321 e. The summed E-state index contributed by atoms with van der Waals surface area (Å²) in [6, 6.07) is 4.84. The Kier molecular flexibility index (Phi) is 7.37. The lowest BCUT2D eigenvalue weighted by molar-refractivity contribution is -0.153. The maximum Gasteiger partial charge on any atom is 0.321 e. The minimum Gasteiger partial charge on any atom is -0.455 e. The van der Waals surface area contributed by atoms with Crippen LogP contribution in [-0.2, 0) is 14.3 Å². The molecule has 9 heteroatoms. The van der Waals surface area contributed by atoms with E-state index in [1.54, 1.807) is 4.90 Å². The fraction of sp³-hybridized carbons (Fsp3) is 0.524. The number of amides is 4. The molecule has 162 valence electrons. The van der Waals surface area contributed by atoms with Crippen LogP contribution in [0.25, 0.3) is 0 Å². The number of carbonyl (C=O) groups excluding carboxylic acids is 4. The van der Waals surface area contributed by atoms with Gasteiger partial charge in [0.25, 0.3) is 11.8 Å². The molecule has 0 atom stereocenters. The molecule has 0 radical (unpaired) electrons. The summed E-state index contributed by atoms with van der Waals surface area (Å²) in [6.07, 6.45) is 4.75. The zero-order chi connectivity index (χ0) is 21.5. The Bertz CT molecular complexity index is 784. The first kappa shape index (κ1) is 21.7. The molecule has 2 aliphatic rings. The van der Waals surface area contributed by atoms with E-state index in [0.717, 1.165) is 25.7 Å². The third-order valence-electron chi connectivity index (χ3n) is 5.50. The highest BCUT2D eigenvalue weighted by Crippen LogP contribution is 2.20. The summed E-state index contributed by atoms with van der Waals surface area (Å²) in [7, 11) is 0. The van der Waals surface area contributed by atoms with Crippen molar-refractivity contribution < 1.29 is 28.3 Å². The lowest BCUT2D eigenvalue weighted by Crippen LogP contribution is -2.45. The number of ether oxygens (including phenoxy) is 1. The molecule has 1 aliphatic heterocycles. The first-order valence-electron chi connectivity index (χ1n) is 10.2. The molecule has 1 saturated carbocycles. The van der Waals surface area contributed by atoms with Crippen LogP contribution in [0.15, 0.2) is 24.3 Å². The van der Waals surface area contributed by atoms with Crippen molar-refractivity contribution in [3.63, 3.8) is 0 Å². The predicted molar refractivity (Wildman–Crippen MR) is 105 cm³/mol. The van der Waals surface area contributed by atoms with E-state index in [9.17, 15) is 23.6 Å². The van der Waals surface area contributed by atoms with Crippen molar-refractivity contribution in [3.8, 4) is 0 Å². The van der Waals surface area contributed by atoms with Crippen molar-refractivity contribution in [2.45, 2.75) is 44.6 Å². The van der Waals surface area contributed by atoms with Gasteiger partial charge >= 0.3 is 12.0 Å². The quantitative estimate of drug-likeness (QED) is 0.711. The highest BCUT2D eigenvalue weighted by atomic mass is 19.1. The molecule has 1 aromatic carbocycles. The standard InChI is InChI=1S/C21H26FN3O5/c22-16-7-5-14(6-8-16)19(27)25-11-9-15(10-12-25)20(28)30-13-18(26)24-21(29)23-17-3-1-2-4-17/h5-8,15,17H,1-4,9-13H2,(H2,23,24,26,29).